The van der Waals surface area contributed by atoms with Crippen LogP contribution in [-0.4, -0.2) is 15.9 Å². The minimum Gasteiger partial charge on any atom is -0.365 e. The smallest absolute Gasteiger partial charge is 0.260 e. The van der Waals surface area contributed by atoms with Gasteiger partial charge in [-0.05, 0) is 29.3 Å². The van der Waals surface area contributed by atoms with Crippen LogP contribution in [0.3, 0.4) is 0 Å². The van der Waals surface area contributed by atoms with Gasteiger partial charge in [-0.2, -0.15) is 0 Å². The van der Waals surface area contributed by atoms with Crippen molar-refractivity contribution in [2.45, 2.75) is 0 Å². The largest absolute Gasteiger partial charge is 0.365 e. The highest BCUT2D eigenvalue weighted by Crippen LogP contribution is 2.26. The SMILES string of the molecule is NC(=O)c1cc(-c2ccnc3ccccc23)c[nH]c1=O. The summed E-state index contributed by atoms with van der Waals surface area (Å²) >= 11 is 0. The van der Waals surface area contributed by atoms with Crippen molar-refractivity contribution in [2.24, 2.45) is 5.73 Å². The quantitative estimate of drug-likeness (QED) is 0.739. The Morgan fingerprint density at radius 2 is 2.00 bits per heavy atom. The minimum absolute atomic E-state index is 0.0524. The molecule has 0 aliphatic rings. The van der Waals surface area contributed by atoms with Crippen LogP contribution < -0.4 is 11.3 Å². The van der Waals surface area contributed by atoms with Crippen molar-refractivity contribution >= 4 is 16.8 Å². The van der Waals surface area contributed by atoms with Gasteiger partial charge in [0.05, 0.1) is 5.52 Å². The number of carbonyl (C=O) groups is 1. The fourth-order valence-electron chi connectivity index (χ4n) is 2.17. The lowest BCUT2D eigenvalue weighted by atomic mass is 10.0. The molecule has 0 saturated carbocycles. The van der Waals surface area contributed by atoms with Crippen LogP contribution in [0.25, 0.3) is 22.0 Å². The number of fused-ring (bicyclic) bond motifs is 1. The maximum Gasteiger partial charge on any atom is 0.260 e. The second-order valence-electron chi connectivity index (χ2n) is 4.37. The molecule has 0 fully saturated rings. The Morgan fingerprint density at radius 1 is 1.20 bits per heavy atom. The van der Waals surface area contributed by atoms with Gasteiger partial charge in [-0.3, -0.25) is 14.6 Å². The number of aromatic amines is 1. The standard InChI is InChI=1S/C15H11N3O2/c16-14(19)12-7-9(8-18-15(12)20)10-5-6-17-13-4-2-1-3-11(10)13/h1-8H,(H2,16,19)(H,18,20). The molecule has 2 aromatic heterocycles. The van der Waals surface area contributed by atoms with E-state index >= 15 is 0 Å². The van der Waals surface area contributed by atoms with E-state index in [-0.39, 0.29) is 5.56 Å². The molecule has 3 aromatic rings. The first kappa shape index (κ1) is 12.1. The predicted molar refractivity (Wildman–Crippen MR) is 76.3 cm³/mol. The van der Waals surface area contributed by atoms with E-state index < -0.39 is 11.5 Å². The van der Waals surface area contributed by atoms with Gasteiger partial charge in [-0.25, -0.2) is 0 Å². The van der Waals surface area contributed by atoms with Gasteiger partial charge in [0.15, 0.2) is 0 Å². The molecular formula is C15H11N3O2. The molecule has 0 aliphatic carbocycles. The molecule has 0 saturated heterocycles. The lowest BCUT2D eigenvalue weighted by molar-refractivity contribution is 0.0999. The zero-order chi connectivity index (χ0) is 14.1. The summed E-state index contributed by atoms with van der Waals surface area (Å²) in [5.74, 6) is -0.744. The summed E-state index contributed by atoms with van der Waals surface area (Å²) in [6, 6.07) is 11.0. The Hall–Kier alpha value is -2.95. The number of aromatic nitrogens is 2. The van der Waals surface area contributed by atoms with Crippen LogP contribution in [0.2, 0.25) is 0 Å². The number of rotatable bonds is 2. The van der Waals surface area contributed by atoms with Crippen LogP contribution in [0.4, 0.5) is 0 Å². The first-order valence-electron chi connectivity index (χ1n) is 6.03. The number of nitrogens with zero attached hydrogens (tertiary/aromatic N) is 1. The van der Waals surface area contributed by atoms with Gasteiger partial charge < -0.3 is 10.7 Å². The summed E-state index contributed by atoms with van der Waals surface area (Å²) in [4.78, 5) is 29.6. The topological polar surface area (TPSA) is 88.8 Å². The summed E-state index contributed by atoms with van der Waals surface area (Å²) in [5.41, 5.74) is 7.11. The number of hydrogen-bond acceptors (Lipinski definition) is 3. The van der Waals surface area contributed by atoms with Crippen molar-refractivity contribution in [2.75, 3.05) is 0 Å². The van der Waals surface area contributed by atoms with Crippen LogP contribution in [0.5, 0.6) is 0 Å². The Kier molecular flexibility index (Phi) is 2.80. The van der Waals surface area contributed by atoms with Crippen LogP contribution in [0.1, 0.15) is 10.4 Å². The minimum atomic E-state index is -0.744. The summed E-state index contributed by atoms with van der Waals surface area (Å²) in [7, 11) is 0. The highest BCUT2D eigenvalue weighted by atomic mass is 16.2. The Bertz CT molecular complexity index is 863. The molecule has 1 amide bonds. The van der Waals surface area contributed by atoms with Gasteiger partial charge in [0.1, 0.15) is 5.56 Å². The van der Waals surface area contributed by atoms with E-state index in [1.807, 2.05) is 30.3 Å². The number of nitrogens with one attached hydrogen (secondary N) is 1. The number of nitrogens with two attached hydrogens (primary N) is 1. The maximum absolute atomic E-state index is 11.5. The van der Waals surface area contributed by atoms with Crippen LogP contribution >= 0.6 is 0 Å². The summed E-state index contributed by atoms with van der Waals surface area (Å²) < 4.78 is 0. The van der Waals surface area contributed by atoms with Crippen molar-refractivity contribution in [3.8, 4) is 11.1 Å². The number of para-hydroxylation sites is 1. The normalized spacial score (nSPS) is 10.6. The third kappa shape index (κ3) is 1.95. The molecule has 0 spiro atoms. The number of carbonyl (C=O) groups excluding carboxylic acids is 1. The fraction of sp³-hybridized carbons (Fsp3) is 0. The molecule has 0 unspecified atom stereocenters. The summed E-state index contributed by atoms with van der Waals surface area (Å²) in [5, 5.41) is 0.942. The van der Waals surface area contributed by atoms with Crippen molar-refractivity contribution in [3.63, 3.8) is 0 Å². The van der Waals surface area contributed by atoms with E-state index in [2.05, 4.69) is 9.97 Å². The molecule has 0 aliphatic heterocycles. The first-order chi connectivity index (χ1) is 9.66. The van der Waals surface area contributed by atoms with Crippen molar-refractivity contribution < 1.29 is 4.79 Å². The molecule has 20 heavy (non-hydrogen) atoms. The van der Waals surface area contributed by atoms with Crippen molar-refractivity contribution in [3.05, 3.63) is 64.7 Å². The van der Waals surface area contributed by atoms with Crippen LogP contribution in [0, 0.1) is 0 Å². The second kappa shape index (κ2) is 4.62. The zero-order valence-corrected chi connectivity index (χ0v) is 10.5. The highest BCUT2D eigenvalue weighted by molar-refractivity contribution is 5.97. The molecule has 5 nitrogen and oxygen atoms in total. The van der Waals surface area contributed by atoms with Crippen molar-refractivity contribution in [1.29, 1.82) is 0 Å². The van der Waals surface area contributed by atoms with E-state index in [1.165, 1.54) is 6.07 Å². The van der Waals surface area contributed by atoms with Gasteiger partial charge in [-0.15, -0.1) is 0 Å². The Labute approximate surface area is 114 Å². The van der Waals surface area contributed by atoms with E-state index in [0.29, 0.717) is 0 Å². The van der Waals surface area contributed by atoms with E-state index in [4.69, 9.17) is 5.73 Å². The number of pyridine rings is 2. The van der Waals surface area contributed by atoms with E-state index in [9.17, 15) is 9.59 Å². The average molecular weight is 265 g/mol. The summed E-state index contributed by atoms with van der Waals surface area (Å²) in [6.45, 7) is 0. The molecular weight excluding hydrogens is 254 g/mol. The first-order valence-corrected chi connectivity index (χ1v) is 6.03. The number of amides is 1. The van der Waals surface area contributed by atoms with E-state index in [0.717, 1.165) is 22.0 Å². The summed E-state index contributed by atoms with van der Waals surface area (Å²) in [6.07, 6.45) is 3.25. The van der Waals surface area contributed by atoms with Gasteiger partial charge in [0.2, 0.25) is 0 Å². The third-order valence-electron chi connectivity index (χ3n) is 3.13. The fourth-order valence-corrected chi connectivity index (χ4v) is 2.17. The van der Waals surface area contributed by atoms with Crippen LogP contribution in [-0.2, 0) is 0 Å². The number of hydrogen-bond donors (Lipinski definition) is 2. The zero-order valence-electron chi connectivity index (χ0n) is 10.5. The lowest BCUT2D eigenvalue weighted by Crippen LogP contribution is -2.23. The monoisotopic (exact) mass is 265 g/mol. The molecule has 3 rings (SSSR count). The maximum atomic E-state index is 11.5. The van der Waals surface area contributed by atoms with Gasteiger partial charge in [-0.1, -0.05) is 18.2 Å². The molecule has 98 valence electrons. The van der Waals surface area contributed by atoms with Crippen LogP contribution in [0.15, 0.2) is 53.6 Å². The number of H-pyrrole nitrogens is 1. The number of primary amides is 1. The highest BCUT2D eigenvalue weighted by Gasteiger charge is 2.10. The Balaban J connectivity index is 2.29. The van der Waals surface area contributed by atoms with Gasteiger partial charge >= 0.3 is 0 Å². The molecule has 5 heteroatoms. The van der Waals surface area contributed by atoms with Gasteiger partial charge in [0, 0.05) is 17.8 Å². The molecule has 3 N–H and O–H groups in total. The predicted octanol–water partition coefficient (Wildman–Crippen LogP) is 1.69. The van der Waals surface area contributed by atoms with Crippen molar-refractivity contribution in [1.82, 2.24) is 9.97 Å². The number of benzene rings is 1. The lowest BCUT2D eigenvalue weighted by Gasteiger charge is -2.06. The average Bonchev–Trinajstić information content (AvgIpc) is 2.47. The Morgan fingerprint density at radius 3 is 2.80 bits per heavy atom. The molecule has 2 heterocycles. The third-order valence-corrected chi connectivity index (χ3v) is 3.13. The second-order valence-corrected chi connectivity index (χ2v) is 4.37. The molecule has 0 atom stereocenters. The molecule has 1 aromatic carbocycles. The molecule has 0 radical (unpaired) electrons. The molecule has 0 bridgehead atoms. The van der Waals surface area contributed by atoms with E-state index in [1.54, 1.807) is 12.4 Å². The van der Waals surface area contributed by atoms with Gasteiger partial charge in [0.25, 0.3) is 11.5 Å².